The number of carbonyl (C=O) groups excluding carboxylic acids is 1. The third-order valence-corrected chi connectivity index (χ3v) is 7.45. The molecule has 0 unspecified atom stereocenters. The van der Waals surface area contributed by atoms with E-state index in [0.717, 1.165) is 65.7 Å². The van der Waals surface area contributed by atoms with Gasteiger partial charge in [-0.25, -0.2) is 4.68 Å². The van der Waals surface area contributed by atoms with Crippen LogP contribution in [0.15, 0.2) is 41.3 Å². The number of thiophene rings is 1. The van der Waals surface area contributed by atoms with E-state index in [9.17, 15) is 9.59 Å². The Kier molecular flexibility index (Phi) is 5.93. The number of hydrogen-bond acceptors (Lipinski definition) is 5. The molecule has 7 nitrogen and oxygen atoms in total. The molecule has 33 heavy (non-hydrogen) atoms. The Hall–Kier alpha value is -3.13. The third-order valence-electron chi connectivity index (χ3n) is 6.38. The molecule has 1 aliphatic heterocycles. The molecule has 1 fully saturated rings. The summed E-state index contributed by atoms with van der Waals surface area (Å²) in [6, 6.07) is 10.00. The molecule has 4 heterocycles. The smallest absolute Gasteiger partial charge is 0.291 e. The lowest BCUT2D eigenvalue weighted by molar-refractivity contribution is -0.132. The molecule has 1 amide bonds. The van der Waals surface area contributed by atoms with Crippen molar-refractivity contribution < 1.29 is 9.53 Å². The Bertz CT molecular complexity index is 1380. The Morgan fingerprint density at radius 2 is 1.94 bits per heavy atom. The number of hydrogen-bond donors (Lipinski definition) is 0. The number of carbonyl (C=O) groups is 1. The molecule has 8 heteroatoms. The van der Waals surface area contributed by atoms with Gasteiger partial charge in [0, 0.05) is 29.9 Å². The van der Waals surface area contributed by atoms with Gasteiger partial charge >= 0.3 is 0 Å². The van der Waals surface area contributed by atoms with Gasteiger partial charge in [0.25, 0.3) is 5.56 Å². The molecule has 0 radical (unpaired) electrons. The maximum Gasteiger partial charge on any atom is 0.291 e. The number of likely N-dealkylation sites (tertiary alicyclic amines) is 1. The van der Waals surface area contributed by atoms with Crippen LogP contribution in [0.3, 0.4) is 0 Å². The molecule has 0 bridgehead atoms. The second-order valence-electron chi connectivity index (χ2n) is 8.67. The SMILES string of the molecule is COc1cccc(Cn2c3cc(C)sc3c3cnn(CC(=O)N4CCCCCC4)c(=O)c32)c1. The van der Waals surface area contributed by atoms with Crippen molar-refractivity contribution in [2.75, 3.05) is 20.2 Å². The number of rotatable bonds is 5. The minimum absolute atomic E-state index is 0.0220. The minimum atomic E-state index is -0.223. The molecule has 172 valence electrons. The van der Waals surface area contributed by atoms with Crippen LogP contribution in [0.25, 0.3) is 21.1 Å². The van der Waals surface area contributed by atoms with Crippen molar-refractivity contribution in [1.82, 2.24) is 19.2 Å². The first kappa shape index (κ1) is 21.7. The average Bonchev–Trinajstić information content (AvgIpc) is 3.17. The zero-order chi connectivity index (χ0) is 22.9. The molecule has 0 aliphatic carbocycles. The highest BCUT2D eigenvalue weighted by molar-refractivity contribution is 7.20. The van der Waals surface area contributed by atoms with E-state index < -0.39 is 0 Å². The molecule has 0 N–H and O–H groups in total. The van der Waals surface area contributed by atoms with E-state index in [4.69, 9.17) is 4.74 Å². The van der Waals surface area contributed by atoms with E-state index in [-0.39, 0.29) is 18.0 Å². The van der Waals surface area contributed by atoms with Gasteiger partial charge in [0.1, 0.15) is 17.8 Å². The van der Waals surface area contributed by atoms with Gasteiger partial charge in [-0.3, -0.25) is 9.59 Å². The quantitative estimate of drug-likeness (QED) is 0.444. The van der Waals surface area contributed by atoms with Crippen molar-refractivity contribution in [2.45, 2.75) is 45.7 Å². The van der Waals surface area contributed by atoms with Crippen molar-refractivity contribution in [2.24, 2.45) is 0 Å². The number of ether oxygens (including phenoxy) is 1. The summed E-state index contributed by atoms with van der Waals surface area (Å²) >= 11 is 1.67. The fourth-order valence-electron chi connectivity index (χ4n) is 4.70. The lowest BCUT2D eigenvalue weighted by Crippen LogP contribution is -2.38. The largest absolute Gasteiger partial charge is 0.497 e. The average molecular weight is 465 g/mol. The first-order chi connectivity index (χ1) is 16.0. The van der Waals surface area contributed by atoms with Gasteiger partial charge in [-0.15, -0.1) is 11.3 Å². The summed E-state index contributed by atoms with van der Waals surface area (Å²) in [6.07, 6.45) is 6.09. The summed E-state index contributed by atoms with van der Waals surface area (Å²) < 4.78 is 9.82. The zero-order valence-electron chi connectivity index (χ0n) is 19.0. The van der Waals surface area contributed by atoms with E-state index in [1.165, 1.54) is 9.56 Å². The molecule has 1 aromatic carbocycles. The minimum Gasteiger partial charge on any atom is -0.497 e. The van der Waals surface area contributed by atoms with Crippen LogP contribution >= 0.6 is 11.3 Å². The summed E-state index contributed by atoms with van der Waals surface area (Å²) in [4.78, 5) is 29.6. The fraction of sp³-hybridized carbons (Fsp3) is 0.400. The molecule has 4 aromatic rings. The molecule has 0 atom stereocenters. The standard InChI is InChI=1S/C25H28N4O3S/c1-17-12-21-24(33-17)20-14-26-29(16-22(30)27-10-5-3-4-6-11-27)25(31)23(20)28(21)15-18-8-7-9-19(13-18)32-2/h7-9,12-14H,3-6,10-11,15-16H2,1-2H3. The molecule has 1 aliphatic rings. The van der Waals surface area contributed by atoms with E-state index in [1.807, 2.05) is 29.2 Å². The number of benzene rings is 1. The van der Waals surface area contributed by atoms with Gasteiger partial charge in [0.15, 0.2) is 0 Å². The van der Waals surface area contributed by atoms with Gasteiger partial charge < -0.3 is 14.2 Å². The second kappa shape index (κ2) is 9.02. The normalized spacial score (nSPS) is 14.7. The van der Waals surface area contributed by atoms with E-state index >= 15 is 0 Å². The van der Waals surface area contributed by atoms with Crippen molar-refractivity contribution in [3.63, 3.8) is 0 Å². The van der Waals surface area contributed by atoms with Gasteiger partial charge in [0.2, 0.25) is 5.91 Å². The van der Waals surface area contributed by atoms with Crippen LogP contribution in [0.2, 0.25) is 0 Å². The highest BCUT2D eigenvalue weighted by Gasteiger charge is 2.21. The van der Waals surface area contributed by atoms with Crippen LogP contribution in [-0.2, 0) is 17.9 Å². The summed E-state index contributed by atoms with van der Waals surface area (Å²) in [5.74, 6) is 0.748. The van der Waals surface area contributed by atoms with Crippen LogP contribution in [0.1, 0.15) is 36.1 Å². The fourth-order valence-corrected chi connectivity index (χ4v) is 5.72. The number of fused-ring (bicyclic) bond motifs is 3. The molecule has 0 saturated carbocycles. The predicted octanol–water partition coefficient (Wildman–Crippen LogP) is 4.18. The first-order valence-electron chi connectivity index (χ1n) is 11.4. The highest BCUT2D eigenvalue weighted by Crippen LogP contribution is 2.34. The van der Waals surface area contributed by atoms with E-state index in [1.54, 1.807) is 24.6 Å². The Morgan fingerprint density at radius 1 is 1.15 bits per heavy atom. The lowest BCUT2D eigenvalue weighted by Gasteiger charge is -2.20. The van der Waals surface area contributed by atoms with Crippen molar-refractivity contribution >= 4 is 38.4 Å². The summed E-state index contributed by atoms with van der Waals surface area (Å²) in [5.41, 5.74) is 2.43. The van der Waals surface area contributed by atoms with Crippen LogP contribution in [-0.4, -0.2) is 45.4 Å². The summed E-state index contributed by atoms with van der Waals surface area (Å²) in [5, 5.41) is 5.24. The Morgan fingerprint density at radius 3 is 2.70 bits per heavy atom. The van der Waals surface area contributed by atoms with Gasteiger partial charge in [-0.05, 0) is 43.5 Å². The van der Waals surface area contributed by atoms with Crippen molar-refractivity contribution in [3.8, 4) is 5.75 Å². The van der Waals surface area contributed by atoms with Crippen molar-refractivity contribution in [1.29, 1.82) is 0 Å². The van der Waals surface area contributed by atoms with Crippen LogP contribution in [0.4, 0.5) is 0 Å². The van der Waals surface area contributed by atoms with Gasteiger partial charge in [-0.1, -0.05) is 25.0 Å². The molecule has 5 rings (SSSR count). The predicted molar refractivity (Wildman–Crippen MR) is 131 cm³/mol. The van der Waals surface area contributed by atoms with Crippen LogP contribution < -0.4 is 10.3 Å². The lowest BCUT2D eigenvalue weighted by atomic mass is 10.2. The molecule has 3 aromatic heterocycles. The Labute approximate surface area is 196 Å². The number of nitrogens with zero attached hydrogens (tertiary/aromatic N) is 4. The zero-order valence-corrected chi connectivity index (χ0v) is 19.9. The molecule has 1 saturated heterocycles. The maximum atomic E-state index is 13.6. The summed E-state index contributed by atoms with van der Waals surface area (Å²) in [6.45, 7) is 4.10. The van der Waals surface area contributed by atoms with Crippen molar-refractivity contribution in [3.05, 3.63) is 57.3 Å². The molecular weight excluding hydrogens is 436 g/mol. The molecular formula is C25H28N4O3S. The Balaban J connectivity index is 1.57. The van der Waals surface area contributed by atoms with Gasteiger partial charge in [-0.2, -0.15) is 5.10 Å². The highest BCUT2D eigenvalue weighted by atomic mass is 32.1. The van der Waals surface area contributed by atoms with E-state index in [2.05, 4.69) is 22.7 Å². The van der Waals surface area contributed by atoms with Gasteiger partial charge in [0.05, 0.1) is 23.5 Å². The topological polar surface area (TPSA) is 69.4 Å². The number of aromatic nitrogens is 3. The summed E-state index contributed by atoms with van der Waals surface area (Å²) in [7, 11) is 1.65. The number of aryl methyl sites for hydroxylation is 1. The number of amides is 1. The first-order valence-corrected chi connectivity index (χ1v) is 12.3. The van der Waals surface area contributed by atoms with Crippen LogP contribution in [0.5, 0.6) is 5.75 Å². The van der Waals surface area contributed by atoms with E-state index in [0.29, 0.717) is 12.1 Å². The maximum absolute atomic E-state index is 13.6. The third kappa shape index (κ3) is 4.15. The second-order valence-corrected chi connectivity index (χ2v) is 9.93. The molecule has 0 spiro atoms. The number of methoxy groups -OCH3 is 1. The monoisotopic (exact) mass is 464 g/mol. The van der Waals surface area contributed by atoms with Crippen LogP contribution in [0, 0.1) is 6.92 Å².